The van der Waals surface area contributed by atoms with Crippen molar-refractivity contribution in [3.8, 4) is 23.0 Å². The average molecular weight is 721 g/mol. The summed E-state index contributed by atoms with van der Waals surface area (Å²) in [6.07, 6.45) is 1.25. The van der Waals surface area contributed by atoms with Gasteiger partial charge in [0.05, 0.1) is 14.2 Å². The van der Waals surface area contributed by atoms with Crippen molar-refractivity contribution in [2.75, 3.05) is 40.4 Å². The number of methoxy groups -OCH3 is 2. The number of hydrogen-bond acceptors (Lipinski definition) is 9. The lowest BCUT2D eigenvalue weighted by Crippen LogP contribution is -2.44. The Morgan fingerprint density at radius 1 is 0.635 bits per heavy atom. The van der Waals surface area contributed by atoms with Crippen molar-refractivity contribution in [3.63, 3.8) is 0 Å². The molecule has 2 saturated heterocycles. The van der Waals surface area contributed by atoms with Gasteiger partial charge in [0.25, 0.3) is 0 Å². The van der Waals surface area contributed by atoms with Crippen LogP contribution in [-0.2, 0) is 14.3 Å². The molecular formula is C37H48N6O9. The Morgan fingerprint density at radius 2 is 0.981 bits per heavy atom. The van der Waals surface area contributed by atoms with Crippen molar-refractivity contribution in [1.82, 2.24) is 9.80 Å². The van der Waals surface area contributed by atoms with Crippen molar-refractivity contribution in [3.05, 3.63) is 58.6 Å². The first-order valence-electron chi connectivity index (χ1n) is 17.2. The highest BCUT2D eigenvalue weighted by atomic mass is 16.6. The molecule has 52 heavy (non-hydrogen) atoms. The van der Waals surface area contributed by atoms with E-state index in [0.717, 1.165) is 0 Å². The topological polar surface area (TPSA) is 186 Å². The van der Waals surface area contributed by atoms with E-state index in [0.29, 0.717) is 63.4 Å². The van der Waals surface area contributed by atoms with E-state index >= 15 is 0 Å². The van der Waals surface area contributed by atoms with Crippen LogP contribution in [0.4, 0.5) is 9.59 Å². The zero-order valence-electron chi connectivity index (χ0n) is 31.1. The number of carbonyl (C=O) groups excluding carboxylic acids is 3. The van der Waals surface area contributed by atoms with Crippen LogP contribution in [0.25, 0.3) is 11.1 Å². The number of carbonyl (C=O) groups is 3. The Kier molecular flexibility index (Phi) is 12.7. The summed E-state index contributed by atoms with van der Waals surface area (Å²) < 4.78 is 34.3. The lowest BCUT2D eigenvalue weighted by atomic mass is 9.97. The molecule has 2 amide bonds. The summed E-state index contributed by atoms with van der Waals surface area (Å²) in [7, 11) is 2.79. The van der Waals surface area contributed by atoms with Crippen LogP contribution in [0, 0.1) is 0 Å². The number of rotatable bonds is 10. The molecule has 2 aliphatic heterocycles. The van der Waals surface area contributed by atoms with Crippen molar-refractivity contribution in [2.45, 2.75) is 90.6 Å². The number of benzene rings is 2. The van der Waals surface area contributed by atoms with Crippen LogP contribution in [0.5, 0.6) is 23.0 Å². The zero-order chi connectivity index (χ0) is 38.2. The highest BCUT2D eigenvalue weighted by Gasteiger charge is 2.39. The molecule has 0 aliphatic carbocycles. The lowest BCUT2D eigenvalue weighted by molar-refractivity contribution is -0.115. The minimum absolute atomic E-state index is 0.125. The van der Waals surface area contributed by atoms with E-state index in [9.17, 15) is 25.4 Å². The molecule has 0 bridgehead atoms. The standard InChI is InChI=1S/C37H48N6O9/c1-36(2,3)51-34(45)42-17-13-23(14-18-42)49-25-9-11-27(29(21-25)47-7)31(40-38)33(44)32(41-39)28-12-10-26(22-30(28)48-8)50-24-15-19-43(20-16-24)35(46)52-37(4,5)6/h9-12,21-24H,13-20H2,1-8H3. The minimum Gasteiger partial charge on any atom is -0.496 e. The summed E-state index contributed by atoms with van der Waals surface area (Å²) in [6.45, 7) is 12.8. The summed E-state index contributed by atoms with van der Waals surface area (Å²) in [5.74, 6) is 0.342. The van der Waals surface area contributed by atoms with E-state index in [1.807, 2.05) is 41.5 Å². The Morgan fingerprint density at radius 3 is 1.27 bits per heavy atom. The number of piperidine rings is 2. The summed E-state index contributed by atoms with van der Waals surface area (Å²) in [5.41, 5.74) is 18.2. The van der Waals surface area contributed by atoms with Crippen LogP contribution < -0.4 is 18.9 Å². The van der Waals surface area contributed by atoms with Gasteiger partial charge in [-0.05, 0) is 65.8 Å². The zero-order valence-corrected chi connectivity index (χ0v) is 31.1. The fourth-order valence-corrected chi connectivity index (χ4v) is 5.79. The molecule has 15 nitrogen and oxygen atoms in total. The molecule has 0 N–H and O–H groups in total. The predicted molar refractivity (Wildman–Crippen MR) is 189 cm³/mol. The monoisotopic (exact) mass is 720 g/mol. The molecule has 4 rings (SSSR count). The van der Waals surface area contributed by atoms with E-state index in [-0.39, 0.29) is 47.0 Å². The molecule has 2 fully saturated rings. The molecule has 0 aromatic heterocycles. The van der Waals surface area contributed by atoms with Gasteiger partial charge >= 0.3 is 29.4 Å². The predicted octanol–water partition coefficient (Wildman–Crippen LogP) is 5.57. The molecule has 0 unspecified atom stereocenters. The Bertz CT molecular complexity index is 1610. The SMILES string of the molecule is COc1cc(OC2CCN(C(=O)OC(C)(C)C)CC2)ccc1C(=[N+]=[N-])C(=O)C(=[N+]=[N-])c1ccc(OC2CCN(C(=O)OC(C)(C)C)CC2)cc1OC. The fourth-order valence-electron chi connectivity index (χ4n) is 5.79. The second kappa shape index (κ2) is 16.8. The van der Waals surface area contributed by atoms with Crippen LogP contribution in [0.15, 0.2) is 36.4 Å². The largest absolute Gasteiger partial charge is 0.496 e. The third-order valence-electron chi connectivity index (χ3n) is 8.28. The first kappa shape index (κ1) is 39.4. The van der Waals surface area contributed by atoms with Crippen LogP contribution >= 0.6 is 0 Å². The average Bonchev–Trinajstić information content (AvgIpc) is 3.09. The fraction of sp³-hybridized carbons (Fsp3) is 0.541. The molecule has 0 atom stereocenters. The number of ether oxygens (including phenoxy) is 6. The summed E-state index contributed by atoms with van der Waals surface area (Å²) in [4.78, 5) is 48.4. The number of ketones is 1. The molecule has 15 heteroatoms. The second-order valence-electron chi connectivity index (χ2n) is 14.5. The van der Waals surface area contributed by atoms with Crippen molar-refractivity contribution in [1.29, 1.82) is 0 Å². The van der Waals surface area contributed by atoms with Crippen LogP contribution in [0.2, 0.25) is 0 Å². The van der Waals surface area contributed by atoms with E-state index in [1.165, 1.54) is 26.4 Å². The van der Waals surface area contributed by atoms with Gasteiger partial charge in [0.15, 0.2) is 0 Å². The smallest absolute Gasteiger partial charge is 0.410 e. The summed E-state index contributed by atoms with van der Waals surface area (Å²) in [6, 6.07) is 9.36. The first-order chi connectivity index (χ1) is 24.5. The van der Waals surface area contributed by atoms with Gasteiger partial charge in [-0.25, -0.2) is 9.59 Å². The maximum Gasteiger partial charge on any atom is 0.410 e. The van der Waals surface area contributed by atoms with Crippen molar-refractivity contribution >= 4 is 29.4 Å². The molecule has 2 aromatic carbocycles. The Balaban J connectivity index is 1.42. The van der Waals surface area contributed by atoms with Gasteiger partial charge in [0, 0.05) is 64.0 Å². The van der Waals surface area contributed by atoms with Crippen molar-refractivity contribution in [2.24, 2.45) is 0 Å². The molecule has 0 spiro atoms. The minimum atomic E-state index is -0.909. The van der Waals surface area contributed by atoms with Crippen LogP contribution in [0.3, 0.4) is 0 Å². The third-order valence-corrected chi connectivity index (χ3v) is 8.28. The third kappa shape index (κ3) is 10.3. The number of likely N-dealkylation sites (tertiary alicyclic amines) is 2. The van der Waals surface area contributed by atoms with Crippen molar-refractivity contribution < 1.29 is 52.4 Å². The van der Waals surface area contributed by atoms with E-state index < -0.39 is 28.4 Å². The van der Waals surface area contributed by atoms with E-state index in [4.69, 9.17) is 28.4 Å². The molecule has 2 heterocycles. The number of hydrogen-bond donors (Lipinski definition) is 0. The number of amides is 2. The lowest BCUT2D eigenvalue weighted by Gasteiger charge is -2.33. The highest BCUT2D eigenvalue weighted by Crippen LogP contribution is 2.31. The van der Waals surface area contributed by atoms with Gasteiger partial charge in [-0.15, -0.1) is 0 Å². The van der Waals surface area contributed by atoms with E-state index in [1.54, 1.807) is 34.1 Å². The molecule has 2 aromatic rings. The van der Waals surface area contributed by atoms with Gasteiger partial charge in [-0.1, -0.05) is 0 Å². The van der Waals surface area contributed by atoms with Gasteiger partial charge in [0.1, 0.15) is 57.5 Å². The molecule has 0 saturated carbocycles. The molecule has 280 valence electrons. The molecule has 2 aliphatic rings. The summed E-state index contributed by atoms with van der Waals surface area (Å²) >= 11 is 0. The maximum atomic E-state index is 13.8. The summed E-state index contributed by atoms with van der Waals surface area (Å²) in [5, 5.41) is 0. The highest BCUT2D eigenvalue weighted by molar-refractivity contribution is 6.70. The number of nitrogens with zero attached hydrogens (tertiary/aromatic N) is 6. The van der Waals surface area contributed by atoms with Crippen LogP contribution in [-0.4, -0.2) is 113 Å². The van der Waals surface area contributed by atoms with E-state index in [2.05, 4.69) is 9.58 Å². The maximum absolute atomic E-state index is 13.8. The first-order valence-corrected chi connectivity index (χ1v) is 17.2. The normalized spacial score (nSPS) is 15.5. The van der Waals surface area contributed by atoms with Crippen LogP contribution in [0.1, 0.15) is 78.4 Å². The van der Waals surface area contributed by atoms with Gasteiger partial charge in [-0.3, -0.25) is 4.79 Å². The number of Topliss-reactive ketones (excluding diaryl/α,β-unsaturated/α-hetero) is 1. The van der Waals surface area contributed by atoms with Gasteiger partial charge in [0.2, 0.25) is 0 Å². The molecule has 0 radical (unpaired) electrons. The van der Waals surface area contributed by atoms with Gasteiger partial charge in [-0.2, -0.15) is 9.58 Å². The quantitative estimate of drug-likeness (QED) is 0.172. The second-order valence-corrected chi connectivity index (χ2v) is 14.5. The Hall–Kier alpha value is -5.39. The van der Waals surface area contributed by atoms with Gasteiger partial charge < -0.3 is 49.3 Å². The Labute approximate surface area is 303 Å². The molecular weight excluding hydrogens is 672 g/mol.